The van der Waals surface area contributed by atoms with Gasteiger partial charge < -0.3 is 20.9 Å². The number of anilines is 2. The third-order valence-corrected chi connectivity index (χ3v) is 3.64. The van der Waals surface area contributed by atoms with Gasteiger partial charge in [-0.25, -0.2) is 0 Å². The summed E-state index contributed by atoms with van der Waals surface area (Å²) >= 11 is 0. The first-order chi connectivity index (χ1) is 9.63. The van der Waals surface area contributed by atoms with Gasteiger partial charge in [-0.1, -0.05) is 6.07 Å². The van der Waals surface area contributed by atoms with Gasteiger partial charge in [0.1, 0.15) is 0 Å². The molecule has 110 valence electrons. The van der Waals surface area contributed by atoms with Crippen molar-refractivity contribution in [3.05, 3.63) is 24.3 Å². The molecule has 1 aliphatic heterocycles. The van der Waals surface area contributed by atoms with Crippen molar-refractivity contribution in [2.75, 3.05) is 50.8 Å². The fourth-order valence-corrected chi connectivity index (χ4v) is 2.37. The van der Waals surface area contributed by atoms with E-state index >= 15 is 0 Å². The molecule has 0 atom stereocenters. The molecule has 1 aromatic carbocycles. The maximum atomic E-state index is 11.8. The molecule has 3 N–H and O–H groups in total. The van der Waals surface area contributed by atoms with Crippen molar-refractivity contribution in [3.8, 4) is 0 Å². The molecule has 0 saturated carbocycles. The average molecular weight is 276 g/mol. The number of hydrogen-bond donors (Lipinski definition) is 2. The number of carbonyl (C=O) groups excluding carboxylic acids is 1. The van der Waals surface area contributed by atoms with Gasteiger partial charge in [-0.3, -0.25) is 4.79 Å². The van der Waals surface area contributed by atoms with Crippen molar-refractivity contribution < 1.29 is 4.79 Å². The van der Waals surface area contributed by atoms with Gasteiger partial charge in [0, 0.05) is 44.0 Å². The van der Waals surface area contributed by atoms with Crippen LogP contribution in [0.2, 0.25) is 0 Å². The van der Waals surface area contributed by atoms with E-state index in [2.05, 4.69) is 22.2 Å². The Bertz CT molecular complexity index is 441. The molecule has 1 heterocycles. The molecular formula is C15H24N4O. The summed E-state index contributed by atoms with van der Waals surface area (Å²) in [6.07, 6.45) is 1.46. The highest BCUT2D eigenvalue weighted by Crippen LogP contribution is 2.12. The highest BCUT2D eigenvalue weighted by atomic mass is 16.1. The van der Waals surface area contributed by atoms with Gasteiger partial charge in [0.05, 0.1) is 0 Å². The van der Waals surface area contributed by atoms with Crippen molar-refractivity contribution in [1.82, 2.24) is 9.80 Å². The zero-order valence-corrected chi connectivity index (χ0v) is 12.1. The summed E-state index contributed by atoms with van der Waals surface area (Å²) in [6, 6.07) is 7.28. The summed E-state index contributed by atoms with van der Waals surface area (Å²) in [4.78, 5) is 16.6. The third-order valence-electron chi connectivity index (χ3n) is 3.64. The topological polar surface area (TPSA) is 61.6 Å². The third kappa shape index (κ3) is 4.83. The second-order valence-corrected chi connectivity index (χ2v) is 5.42. The number of nitrogen functional groups attached to an aromatic ring is 1. The minimum atomic E-state index is 0.0599. The van der Waals surface area contributed by atoms with E-state index in [9.17, 15) is 4.79 Å². The zero-order chi connectivity index (χ0) is 14.4. The van der Waals surface area contributed by atoms with E-state index in [0.29, 0.717) is 12.1 Å². The number of amides is 1. The Balaban J connectivity index is 1.65. The van der Waals surface area contributed by atoms with Crippen LogP contribution in [0.4, 0.5) is 11.4 Å². The number of nitrogens with two attached hydrogens (primary N) is 1. The molecule has 0 aromatic heterocycles. The van der Waals surface area contributed by atoms with Crippen molar-refractivity contribution >= 4 is 17.3 Å². The molecule has 5 heteroatoms. The van der Waals surface area contributed by atoms with Crippen LogP contribution in [0.15, 0.2) is 24.3 Å². The Hall–Kier alpha value is -1.59. The highest BCUT2D eigenvalue weighted by Gasteiger charge is 2.13. The van der Waals surface area contributed by atoms with E-state index in [-0.39, 0.29) is 5.91 Å². The molecule has 1 saturated heterocycles. The first-order valence-corrected chi connectivity index (χ1v) is 7.20. The summed E-state index contributed by atoms with van der Waals surface area (Å²) in [5.74, 6) is 0.0599. The van der Waals surface area contributed by atoms with Crippen LogP contribution in [0.3, 0.4) is 0 Å². The summed E-state index contributed by atoms with van der Waals surface area (Å²) < 4.78 is 0. The number of carbonyl (C=O) groups is 1. The predicted octanol–water partition coefficient (Wildman–Crippen LogP) is 1.23. The van der Waals surface area contributed by atoms with Crippen LogP contribution >= 0.6 is 0 Å². The van der Waals surface area contributed by atoms with Gasteiger partial charge in [0.25, 0.3) is 0 Å². The van der Waals surface area contributed by atoms with Crippen LogP contribution in [0.5, 0.6) is 0 Å². The normalized spacial score (nSPS) is 17.1. The van der Waals surface area contributed by atoms with E-state index < -0.39 is 0 Å². The molecular weight excluding hydrogens is 252 g/mol. The second-order valence-electron chi connectivity index (χ2n) is 5.42. The van der Waals surface area contributed by atoms with Gasteiger partial charge in [0.15, 0.2) is 0 Å². The Morgan fingerprint density at radius 2 is 2.05 bits per heavy atom. The van der Waals surface area contributed by atoms with Gasteiger partial charge >= 0.3 is 0 Å². The minimum absolute atomic E-state index is 0.0599. The molecule has 0 spiro atoms. The number of nitrogens with zero attached hydrogens (tertiary/aromatic N) is 2. The highest BCUT2D eigenvalue weighted by molar-refractivity contribution is 5.91. The fourth-order valence-electron chi connectivity index (χ4n) is 2.37. The lowest BCUT2D eigenvalue weighted by molar-refractivity contribution is -0.116. The molecule has 1 aliphatic rings. The first-order valence-electron chi connectivity index (χ1n) is 7.20. The molecule has 5 nitrogen and oxygen atoms in total. The largest absolute Gasteiger partial charge is 0.399 e. The smallest absolute Gasteiger partial charge is 0.224 e. The number of nitrogens with one attached hydrogen (secondary N) is 1. The van der Waals surface area contributed by atoms with E-state index in [1.807, 2.05) is 18.2 Å². The van der Waals surface area contributed by atoms with Gasteiger partial charge in [-0.15, -0.1) is 0 Å². The number of likely N-dealkylation sites (N-methyl/N-ethyl adjacent to an activating group) is 1. The Labute approximate surface area is 120 Å². The van der Waals surface area contributed by atoms with Gasteiger partial charge in [-0.05, 0) is 38.2 Å². The predicted molar refractivity (Wildman–Crippen MR) is 82.7 cm³/mol. The van der Waals surface area contributed by atoms with Crippen molar-refractivity contribution in [2.24, 2.45) is 0 Å². The van der Waals surface area contributed by atoms with Crippen LogP contribution < -0.4 is 11.1 Å². The van der Waals surface area contributed by atoms with Gasteiger partial charge in [-0.2, -0.15) is 0 Å². The molecule has 0 radical (unpaired) electrons. The maximum Gasteiger partial charge on any atom is 0.224 e. The SMILES string of the molecule is CN1CCN(CCCC(=O)Nc2cccc(N)c2)CC1. The Morgan fingerprint density at radius 3 is 2.75 bits per heavy atom. The second kappa shape index (κ2) is 7.26. The van der Waals surface area contributed by atoms with Crippen LogP contribution in [0.25, 0.3) is 0 Å². The molecule has 0 unspecified atom stereocenters. The Morgan fingerprint density at radius 1 is 1.30 bits per heavy atom. The molecule has 0 aliphatic carbocycles. The lowest BCUT2D eigenvalue weighted by atomic mass is 10.2. The summed E-state index contributed by atoms with van der Waals surface area (Å²) in [6.45, 7) is 5.45. The van der Waals surface area contributed by atoms with E-state index in [0.717, 1.165) is 44.8 Å². The molecule has 1 aromatic rings. The summed E-state index contributed by atoms with van der Waals surface area (Å²) in [5.41, 5.74) is 7.12. The first kappa shape index (κ1) is 14.8. The van der Waals surface area contributed by atoms with Crippen LogP contribution in [0.1, 0.15) is 12.8 Å². The van der Waals surface area contributed by atoms with Crippen molar-refractivity contribution in [3.63, 3.8) is 0 Å². The number of hydrogen-bond acceptors (Lipinski definition) is 4. The van der Waals surface area contributed by atoms with Crippen LogP contribution in [-0.2, 0) is 4.79 Å². The molecule has 0 bridgehead atoms. The number of piperazine rings is 1. The van der Waals surface area contributed by atoms with E-state index in [1.165, 1.54) is 0 Å². The number of rotatable bonds is 5. The molecule has 2 rings (SSSR count). The lowest BCUT2D eigenvalue weighted by Gasteiger charge is -2.32. The Kier molecular flexibility index (Phi) is 5.38. The quantitative estimate of drug-likeness (QED) is 0.794. The minimum Gasteiger partial charge on any atom is -0.399 e. The maximum absolute atomic E-state index is 11.8. The molecule has 1 fully saturated rings. The van der Waals surface area contributed by atoms with Crippen molar-refractivity contribution in [1.29, 1.82) is 0 Å². The zero-order valence-electron chi connectivity index (χ0n) is 12.1. The molecule has 20 heavy (non-hydrogen) atoms. The monoisotopic (exact) mass is 276 g/mol. The van der Waals surface area contributed by atoms with Crippen LogP contribution in [0, 0.1) is 0 Å². The van der Waals surface area contributed by atoms with Crippen LogP contribution in [-0.4, -0.2) is 55.5 Å². The van der Waals surface area contributed by atoms with E-state index in [1.54, 1.807) is 6.07 Å². The van der Waals surface area contributed by atoms with Gasteiger partial charge in [0.2, 0.25) is 5.91 Å². The lowest BCUT2D eigenvalue weighted by Crippen LogP contribution is -2.44. The number of benzene rings is 1. The summed E-state index contributed by atoms with van der Waals surface area (Å²) in [5, 5.41) is 2.88. The fraction of sp³-hybridized carbons (Fsp3) is 0.533. The standard InChI is InChI=1S/C15H24N4O/c1-18-8-10-19(11-9-18)7-3-6-15(20)17-14-5-2-4-13(16)12-14/h2,4-5,12H,3,6-11,16H2,1H3,(H,17,20). The van der Waals surface area contributed by atoms with E-state index in [4.69, 9.17) is 5.73 Å². The van der Waals surface area contributed by atoms with Crippen molar-refractivity contribution in [2.45, 2.75) is 12.8 Å². The summed E-state index contributed by atoms with van der Waals surface area (Å²) in [7, 11) is 2.15. The average Bonchev–Trinajstić information content (AvgIpc) is 2.41. The molecule has 1 amide bonds.